The fourth-order valence-electron chi connectivity index (χ4n) is 1.87. The van der Waals surface area contributed by atoms with Crippen molar-refractivity contribution in [2.24, 2.45) is 4.99 Å². The van der Waals surface area contributed by atoms with Crippen molar-refractivity contribution in [3.63, 3.8) is 0 Å². The Labute approximate surface area is 135 Å². The van der Waals surface area contributed by atoms with Crippen LogP contribution in [0.5, 0.6) is 0 Å². The van der Waals surface area contributed by atoms with E-state index in [0.29, 0.717) is 23.7 Å². The second-order valence-corrected chi connectivity index (χ2v) is 5.59. The molecule has 0 unspecified atom stereocenters. The van der Waals surface area contributed by atoms with Crippen LogP contribution in [0.2, 0.25) is 5.15 Å². The number of rotatable bonds is 7. The Morgan fingerprint density at radius 1 is 1.41 bits per heavy atom. The Morgan fingerprint density at radius 3 is 2.86 bits per heavy atom. The van der Waals surface area contributed by atoms with Crippen molar-refractivity contribution in [2.75, 3.05) is 19.6 Å². The van der Waals surface area contributed by atoms with Crippen molar-refractivity contribution in [3.8, 4) is 0 Å². The summed E-state index contributed by atoms with van der Waals surface area (Å²) in [6.45, 7) is 3.59. The molecule has 0 aromatic carbocycles. The Hall–Kier alpha value is -1.82. The smallest absolute Gasteiger partial charge is 0.242 e. The number of nitrogens with one attached hydrogen (secondary N) is 3. The van der Waals surface area contributed by atoms with Gasteiger partial charge in [-0.2, -0.15) is 0 Å². The lowest BCUT2D eigenvalue weighted by molar-refractivity contribution is -0.119. The molecule has 6 nitrogen and oxygen atoms in total. The van der Waals surface area contributed by atoms with E-state index in [9.17, 15) is 4.79 Å². The highest BCUT2D eigenvalue weighted by molar-refractivity contribution is 6.29. The molecule has 0 atom stereocenters. The molecule has 1 heterocycles. The highest BCUT2D eigenvalue weighted by atomic mass is 35.5. The molecule has 1 saturated carbocycles. The maximum absolute atomic E-state index is 11.6. The van der Waals surface area contributed by atoms with Gasteiger partial charge in [-0.05, 0) is 37.8 Å². The highest BCUT2D eigenvalue weighted by Crippen LogP contribution is 2.18. The third-order valence-corrected chi connectivity index (χ3v) is 3.39. The summed E-state index contributed by atoms with van der Waals surface area (Å²) in [4.78, 5) is 20.0. The predicted octanol–water partition coefficient (Wildman–Crippen LogP) is 1.11. The lowest BCUT2D eigenvalue weighted by Gasteiger charge is -2.11. The Bertz CT molecular complexity index is 513. The van der Waals surface area contributed by atoms with Gasteiger partial charge in [-0.25, -0.2) is 9.98 Å². The molecule has 0 aliphatic heterocycles. The number of amides is 1. The van der Waals surface area contributed by atoms with Crippen LogP contribution in [0.25, 0.3) is 0 Å². The summed E-state index contributed by atoms with van der Waals surface area (Å²) >= 11 is 5.75. The lowest BCUT2D eigenvalue weighted by Crippen LogP contribution is -2.39. The van der Waals surface area contributed by atoms with E-state index in [2.05, 4.69) is 25.9 Å². The summed E-state index contributed by atoms with van der Waals surface area (Å²) < 4.78 is 0. The Morgan fingerprint density at radius 2 is 2.23 bits per heavy atom. The number of aromatic nitrogens is 1. The molecule has 1 aliphatic rings. The minimum absolute atomic E-state index is 0.0263. The van der Waals surface area contributed by atoms with Gasteiger partial charge in [0.1, 0.15) is 11.7 Å². The average Bonchev–Trinajstić information content (AvgIpc) is 3.31. The van der Waals surface area contributed by atoms with E-state index in [1.807, 2.05) is 13.0 Å². The van der Waals surface area contributed by atoms with Gasteiger partial charge in [0.25, 0.3) is 0 Å². The zero-order chi connectivity index (χ0) is 15.8. The lowest BCUT2D eigenvalue weighted by atomic mass is 10.2. The fraction of sp³-hybridized carbons (Fsp3) is 0.533. The molecule has 1 aromatic heterocycles. The number of hydrogen-bond donors (Lipinski definition) is 3. The predicted molar refractivity (Wildman–Crippen MR) is 88.1 cm³/mol. The van der Waals surface area contributed by atoms with Crippen LogP contribution in [0.15, 0.2) is 23.3 Å². The van der Waals surface area contributed by atoms with Crippen LogP contribution >= 0.6 is 11.6 Å². The van der Waals surface area contributed by atoms with E-state index >= 15 is 0 Å². The molecule has 3 N–H and O–H groups in total. The van der Waals surface area contributed by atoms with Gasteiger partial charge < -0.3 is 16.0 Å². The standard InChI is InChI=1S/C15H22ClN5O/c1-2-17-15(20-10-14(22)21-12-4-5-12)18-8-7-11-3-6-13(16)19-9-11/h3,6,9,12H,2,4-5,7-8,10H2,1H3,(H,21,22)(H2,17,18,20). The number of carbonyl (C=O) groups is 1. The maximum atomic E-state index is 11.6. The summed E-state index contributed by atoms with van der Waals surface area (Å²) in [5, 5.41) is 9.74. The fourth-order valence-corrected chi connectivity index (χ4v) is 1.98. The summed E-state index contributed by atoms with van der Waals surface area (Å²) in [6.07, 6.45) is 4.74. The molecule has 0 bridgehead atoms. The largest absolute Gasteiger partial charge is 0.357 e. The van der Waals surface area contributed by atoms with Gasteiger partial charge in [-0.15, -0.1) is 0 Å². The van der Waals surface area contributed by atoms with Gasteiger partial charge in [0.15, 0.2) is 5.96 Å². The van der Waals surface area contributed by atoms with Crippen molar-refractivity contribution in [3.05, 3.63) is 29.0 Å². The number of aliphatic imine (C=N–C) groups is 1. The summed E-state index contributed by atoms with van der Waals surface area (Å²) in [5.74, 6) is 0.622. The van der Waals surface area contributed by atoms with Gasteiger partial charge in [-0.3, -0.25) is 4.79 Å². The number of pyridine rings is 1. The second kappa shape index (κ2) is 8.58. The van der Waals surface area contributed by atoms with E-state index in [0.717, 1.165) is 31.4 Å². The maximum Gasteiger partial charge on any atom is 0.242 e. The first kappa shape index (κ1) is 16.5. The SMILES string of the molecule is CCNC(=NCC(=O)NC1CC1)NCCc1ccc(Cl)nc1. The molecule has 120 valence electrons. The van der Waals surface area contributed by atoms with E-state index in [-0.39, 0.29) is 12.5 Å². The van der Waals surface area contributed by atoms with Crippen LogP contribution in [0.4, 0.5) is 0 Å². The van der Waals surface area contributed by atoms with Crippen molar-refractivity contribution in [1.29, 1.82) is 0 Å². The number of halogens is 1. The van der Waals surface area contributed by atoms with Crippen molar-refractivity contribution in [1.82, 2.24) is 20.9 Å². The minimum atomic E-state index is -0.0263. The Kier molecular flexibility index (Phi) is 6.45. The Balaban J connectivity index is 1.74. The van der Waals surface area contributed by atoms with Crippen LogP contribution in [0, 0.1) is 0 Å². The third-order valence-electron chi connectivity index (χ3n) is 3.16. The number of carbonyl (C=O) groups excluding carboxylic acids is 1. The average molecular weight is 324 g/mol. The zero-order valence-corrected chi connectivity index (χ0v) is 13.5. The molecule has 1 aromatic rings. The van der Waals surface area contributed by atoms with Crippen molar-refractivity contribution >= 4 is 23.5 Å². The molecular weight excluding hydrogens is 302 g/mol. The molecule has 2 rings (SSSR count). The normalized spacial score (nSPS) is 14.5. The van der Waals surface area contributed by atoms with E-state index < -0.39 is 0 Å². The van der Waals surface area contributed by atoms with E-state index in [1.54, 1.807) is 12.3 Å². The van der Waals surface area contributed by atoms with Crippen molar-refractivity contribution < 1.29 is 4.79 Å². The first-order valence-electron chi connectivity index (χ1n) is 7.59. The molecule has 1 fully saturated rings. The first-order valence-corrected chi connectivity index (χ1v) is 7.97. The van der Waals surface area contributed by atoms with Gasteiger partial charge in [0, 0.05) is 25.3 Å². The van der Waals surface area contributed by atoms with Gasteiger partial charge >= 0.3 is 0 Å². The molecule has 0 saturated heterocycles. The molecule has 22 heavy (non-hydrogen) atoms. The van der Waals surface area contributed by atoms with E-state index in [4.69, 9.17) is 11.6 Å². The van der Waals surface area contributed by atoms with Crippen molar-refractivity contribution in [2.45, 2.75) is 32.2 Å². The third kappa shape index (κ3) is 6.30. The topological polar surface area (TPSA) is 78.4 Å². The molecule has 0 spiro atoms. The van der Waals surface area contributed by atoms with Crippen LogP contribution in [0.3, 0.4) is 0 Å². The second-order valence-electron chi connectivity index (χ2n) is 5.20. The van der Waals surface area contributed by atoms with Crippen LogP contribution in [0.1, 0.15) is 25.3 Å². The number of guanidine groups is 1. The van der Waals surface area contributed by atoms with Crippen LogP contribution in [-0.4, -0.2) is 42.5 Å². The van der Waals surface area contributed by atoms with Gasteiger partial charge in [0.05, 0.1) is 0 Å². The summed E-state index contributed by atoms with van der Waals surface area (Å²) in [7, 11) is 0. The van der Waals surface area contributed by atoms with Crippen LogP contribution in [-0.2, 0) is 11.2 Å². The summed E-state index contributed by atoms with van der Waals surface area (Å²) in [5.41, 5.74) is 1.10. The van der Waals surface area contributed by atoms with Crippen LogP contribution < -0.4 is 16.0 Å². The minimum Gasteiger partial charge on any atom is -0.357 e. The molecule has 7 heteroatoms. The van der Waals surface area contributed by atoms with E-state index in [1.165, 1.54) is 0 Å². The molecule has 0 radical (unpaired) electrons. The number of nitrogens with zero attached hydrogens (tertiary/aromatic N) is 2. The molecule has 1 aliphatic carbocycles. The number of hydrogen-bond acceptors (Lipinski definition) is 3. The molecular formula is C15H22ClN5O. The summed E-state index contributed by atoms with van der Waals surface area (Å²) in [6, 6.07) is 4.10. The van der Waals surface area contributed by atoms with Gasteiger partial charge in [-0.1, -0.05) is 17.7 Å². The van der Waals surface area contributed by atoms with Gasteiger partial charge in [0.2, 0.25) is 5.91 Å². The first-order chi connectivity index (χ1) is 10.7. The quantitative estimate of drug-likeness (QED) is 0.399. The zero-order valence-electron chi connectivity index (χ0n) is 12.7. The monoisotopic (exact) mass is 323 g/mol. The highest BCUT2D eigenvalue weighted by Gasteiger charge is 2.22. The molecule has 1 amide bonds.